The summed E-state index contributed by atoms with van der Waals surface area (Å²) >= 11 is 10.3. The zero-order chi connectivity index (χ0) is 20.5. The van der Waals surface area contributed by atoms with Crippen molar-refractivity contribution < 1.29 is 9.53 Å². The number of ether oxygens (including phenoxy) is 1. The first-order chi connectivity index (χ1) is 14.1. The molecule has 2 aromatic carbocycles. The van der Waals surface area contributed by atoms with Crippen LogP contribution in [0.2, 0.25) is 5.02 Å². The number of nitrogens with zero attached hydrogens (tertiary/aromatic N) is 3. The second-order valence-corrected chi connectivity index (χ2v) is 9.46. The molecule has 3 rings (SSSR count). The fourth-order valence-corrected chi connectivity index (χ4v) is 4.96. The molecular formula is C19H17ClN4O2S3. The summed E-state index contributed by atoms with van der Waals surface area (Å²) in [4.78, 5) is 11.9. The van der Waals surface area contributed by atoms with E-state index in [-0.39, 0.29) is 11.7 Å². The zero-order valence-electron chi connectivity index (χ0n) is 15.4. The standard InChI is InChI=1S/C19H17ClN4O2S3/c1-26-16-8-4-13(5-9-16)10-21-22-17(25)12-28-19-24-23-18(29-19)27-11-14-2-6-15(20)7-3-14/h2-10H,11-12H2,1H3,(H,22,25). The van der Waals surface area contributed by atoms with Gasteiger partial charge in [-0.15, -0.1) is 10.2 Å². The summed E-state index contributed by atoms with van der Waals surface area (Å²) in [5.74, 6) is 1.57. The highest BCUT2D eigenvalue weighted by Crippen LogP contribution is 2.30. The molecule has 1 heterocycles. The molecule has 29 heavy (non-hydrogen) atoms. The van der Waals surface area contributed by atoms with Gasteiger partial charge >= 0.3 is 0 Å². The average Bonchev–Trinajstić information content (AvgIpc) is 3.20. The number of benzene rings is 2. The van der Waals surface area contributed by atoms with Crippen LogP contribution in [-0.4, -0.2) is 35.2 Å². The van der Waals surface area contributed by atoms with Crippen LogP contribution in [0.5, 0.6) is 5.75 Å². The van der Waals surface area contributed by atoms with Gasteiger partial charge in [0.05, 0.1) is 19.1 Å². The summed E-state index contributed by atoms with van der Waals surface area (Å²) in [6.07, 6.45) is 1.58. The molecule has 0 bridgehead atoms. The van der Waals surface area contributed by atoms with E-state index in [1.54, 1.807) is 25.1 Å². The molecule has 0 saturated carbocycles. The Labute approximate surface area is 186 Å². The Kier molecular flexibility index (Phi) is 8.36. The van der Waals surface area contributed by atoms with E-state index in [1.165, 1.54) is 23.1 Å². The molecule has 6 nitrogen and oxygen atoms in total. The molecule has 0 aliphatic heterocycles. The Morgan fingerprint density at radius 1 is 1.14 bits per heavy atom. The second-order valence-electron chi connectivity index (χ2n) is 5.60. The first-order valence-corrected chi connectivity index (χ1v) is 11.6. The van der Waals surface area contributed by atoms with E-state index >= 15 is 0 Å². The molecule has 1 aromatic heterocycles. The minimum atomic E-state index is -0.203. The number of thioether (sulfide) groups is 2. The van der Waals surface area contributed by atoms with Gasteiger partial charge in [-0.3, -0.25) is 4.79 Å². The molecule has 0 saturated heterocycles. The van der Waals surface area contributed by atoms with E-state index in [2.05, 4.69) is 20.7 Å². The van der Waals surface area contributed by atoms with Crippen molar-refractivity contribution in [2.24, 2.45) is 5.10 Å². The van der Waals surface area contributed by atoms with Crippen LogP contribution >= 0.6 is 46.5 Å². The molecule has 0 atom stereocenters. The highest BCUT2D eigenvalue weighted by atomic mass is 35.5. The molecule has 0 fully saturated rings. The number of methoxy groups -OCH3 is 1. The van der Waals surface area contributed by atoms with Crippen LogP contribution in [0.15, 0.2) is 62.3 Å². The van der Waals surface area contributed by atoms with Crippen molar-refractivity contribution in [3.8, 4) is 5.75 Å². The molecular weight excluding hydrogens is 448 g/mol. The third-order valence-electron chi connectivity index (χ3n) is 3.51. The topological polar surface area (TPSA) is 76.5 Å². The lowest BCUT2D eigenvalue weighted by Gasteiger charge is -1.99. The Morgan fingerprint density at radius 3 is 2.52 bits per heavy atom. The number of hydrogen-bond acceptors (Lipinski definition) is 8. The SMILES string of the molecule is COc1ccc(C=NNC(=O)CSc2nnc(SCc3ccc(Cl)cc3)s2)cc1. The maximum Gasteiger partial charge on any atom is 0.250 e. The van der Waals surface area contributed by atoms with E-state index in [0.29, 0.717) is 0 Å². The highest BCUT2D eigenvalue weighted by molar-refractivity contribution is 8.03. The van der Waals surface area contributed by atoms with E-state index in [1.807, 2.05) is 48.5 Å². The molecule has 0 radical (unpaired) electrons. The van der Waals surface area contributed by atoms with Crippen LogP contribution in [0.3, 0.4) is 0 Å². The van der Waals surface area contributed by atoms with Crippen LogP contribution < -0.4 is 10.2 Å². The number of nitrogens with one attached hydrogen (secondary N) is 1. The minimum Gasteiger partial charge on any atom is -0.497 e. The van der Waals surface area contributed by atoms with Gasteiger partial charge < -0.3 is 4.74 Å². The van der Waals surface area contributed by atoms with Gasteiger partial charge in [-0.25, -0.2) is 5.43 Å². The monoisotopic (exact) mass is 464 g/mol. The van der Waals surface area contributed by atoms with E-state index in [4.69, 9.17) is 16.3 Å². The second kappa shape index (κ2) is 11.2. The van der Waals surface area contributed by atoms with Crippen molar-refractivity contribution in [1.82, 2.24) is 15.6 Å². The normalized spacial score (nSPS) is 11.0. The zero-order valence-corrected chi connectivity index (χ0v) is 18.6. The maximum absolute atomic E-state index is 11.9. The molecule has 0 aliphatic rings. The summed E-state index contributed by atoms with van der Waals surface area (Å²) in [6, 6.07) is 15.1. The first-order valence-electron chi connectivity index (χ1n) is 8.42. The maximum atomic E-state index is 11.9. The lowest BCUT2D eigenvalue weighted by atomic mass is 10.2. The number of amides is 1. The number of hydrazone groups is 1. The largest absolute Gasteiger partial charge is 0.497 e. The Morgan fingerprint density at radius 2 is 1.83 bits per heavy atom. The van der Waals surface area contributed by atoms with Crippen LogP contribution in [0.25, 0.3) is 0 Å². The van der Waals surface area contributed by atoms with E-state index in [9.17, 15) is 4.79 Å². The van der Waals surface area contributed by atoms with Gasteiger partial charge in [-0.2, -0.15) is 5.10 Å². The summed E-state index contributed by atoms with van der Waals surface area (Å²) in [5.41, 5.74) is 4.54. The predicted molar refractivity (Wildman–Crippen MR) is 120 cm³/mol. The summed E-state index contributed by atoms with van der Waals surface area (Å²) in [7, 11) is 1.61. The van der Waals surface area contributed by atoms with Gasteiger partial charge in [0.1, 0.15) is 5.75 Å². The van der Waals surface area contributed by atoms with Crippen molar-refractivity contribution >= 4 is 58.6 Å². The van der Waals surface area contributed by atoms with Gasteiger partial charge in [0.15, 0.2) is 8.68 Å². The number of rotatable bonds is 9. The molecule has 0 spiro atoms. The van der Waals surface area contributed by atoms with Gasteiger partial charge in [-0.05, 0) is 47.5 Å². The summed E-state index contributed by atoms with van der Waals surface area (Å²) in [5, 5.41) is 13.0. The fourth-order valence-electron chi connectivity index (χ4n) is 2.07. The molecule has 0 unspecified atom stereocenters. The highest BCUT2D eigenvalue weighted by Gasteiger charge is 2.08. The van der Waals surface area contributed by atoms with Crippen LogP contribution in [-0.2, 0) is 10.5 Å². The quantitative estimate of drug-likeness (QED) is 0.280. The molecule has 1 N–H and O–H groups in total. The van der Waals surface area contributed by atoms with Gasteiger partial charge in [0, 0.05) is 10.8 Å². The number of carbonyl (C=O) groups excluding carboxylic acids is 1. The first kappa shape index (κ1) is 21.6. The fraction of sp³-hybridized carbons (Fsp3) is 0.158. The van der Waals surface area contributed by atoms with E-state index in [0.717, 1.165) is 36.3 Å². The number of carbonyl (C=O) groups is 1. The number of aromatic nitrogens is 2. The molecule has 10 heteroatoms. The number of halogens is 1. The van der Waals surface area contributed by atoms with Gasteiger partial charge in [-0.1, -0.05) is 58.6 Å². The summed E-state index contributed by atoms with van der Waals surface area (Å²) < 4.78 is 6.71. The lowest BCUT2D eigenvalue weighted by Crippen LogP contribution is -2.19. The number of hydrogen-bond donors (Lipinski definition) is 1. The van der Waals surface area contributed by atoms with Crippen molar-refractivity contribution in [1.29, 1.82) is 0 Å². The summed E-state index contributed by atoms with van der Waals surface area (Å²) in [6.45, 7) is 0. The molecule has 1 amide bonds. The van der Waals surface area contributed by atoms with Crippen molar-refractivity contribution in [3.63, 3.8) is 0 Å². The molecule has 0 aliphatic carbocycles. The average molecular weight is 465 g/mol. The minimum absolute atomic E-state index is 0.203. The molecule has 150 valence electrons. The third-order valence-corrected chi connectivity index (χ3v) is 7.02. The van der Waals surface area contributed by atoms with Gasteiger partial charge in [0.25, 0.3) is 5.91 Å². The van der Waals surface area contributed by atoms with Crippen LogP contribution in [0, 0.1) is 0 Å². The van der Waals surface area contributed by atoms with E-state index < -0.39 is 0 Å². The Hall–Kier alpha value is -2.07. The Balaban J connectivity index is 1.39. The van der Waals surface area contributed by atoms with Crippen molar-refractivity contribution in [3.05, 3.63) is 64.7 Å². The van der Waals surface area contributed by atoms with Crippen molar-refractivity contribution in [2.75, 3.05) is 12.9 Å². The van der Waals surface area contributed by atoms with Crippen molar-refractivity contribution in [2.45, 2.75) is 14.4 Å². The van der Waals surface area contributed by atoms with Gasteiger partial charge in [0.2, 0.25) is 0 Å². The molecule has 3 aromatic rings. The van der Waals surface area contributed by atoms with Crippen LogP contribution in [0.1, 0.15) is 11.1 Å². The smallest absolute Gasteiger partial charge is 0.250 e. The lowest BCUT2D eigenvalue weighted by molar-refractivity contribution is -0.118. The predicted octanol–water partition coefficient (Wildman–Crippen LogP) is 4.73. The Bertz CT molecular complexity index is 962. The third kappa shape index (κ3) is 7.36. The van der Waals surface area contributed by atoms with Crippen LogP contribution in [0.4, 0.5) is 0 Å².